The van der Waals surface area contributed by atoms with Crippen molar-refractivity contribution in [1.82, 2.24) is 10.2 Å². The third-order valence-corrected chi connectivity index (χ3v) is 3.64. The highest BCUT2D eigenvalue weighted by atomic mass is 16.5. The van der Waals surface area contributed by atoms with Crippen LogP contribution in [-0.4, -0.2) is 55.2 Å². The lowest BCUT2D eigenvalue weighted by atomic mass is 10.1. The van der Waals surface area contributed by atoms with Crippen LogP contribution in [0.2, 0.25) is 0 Å². The van der Waals surface area contributed by atoms with Crippen LogP contribution in [-0.2, 0) is 9.53 Å². The van der Waals surface area contributed by atoms with Crippen LogP contribution >= 0.6 is 0 Å². The number of nitrogens with two attached hydrogens (primary N) is 1. The van der Waals surface area contributed by atoms with Crippen molar-refractivity contribution in [3.63, 3.8) is 0 Å². The normalized spacial score (nSPS) is 27.6. The maximum atomic E-state index is 11.8. The molecule has 1 heterocycles. The fourth-order valence-corrected chi connectivity index (χ4v) is 2.45. The molecule has 0 spiro atoms. The van der Waals surface area contributed by atoms with Crippen LogP contribution in [0.3, 0.4) is 0 Å². The summed E-state index contributed by atoms with van der Waals surface area (Å²) in [6, 6.07) is 0.579. The molecule has 18 heavy (non-hydrogen) atoms. The van der Waals surface area contributed by atoms with Crippen LogP contribution < -0.4 is 11.1 Å². The second-order valence-corrected chi connectivity index (χ2v) is 5.47. The molecule has 5 heteroatoms. The fourth-order valence-electron chi connectivity index (χ4n) is 2.45. The Balaban J connectivity index is 1.83. The lowest BCUT2D eigenvalue weighted by Crippen LogP contribution is -2.46. The first-order valence-corrected chi connectivity index (χ1v) is 7.04. The molecule has 0 bridgehead atoms. The van der Waals surface area contributed by atoms with Crippen molar-refractivity contribution in [3.8, 4) is 0 Å². The van der Waals surface area contributed by atoms with Crippen molar-refractivity contribution >= 4 is 5.91 Å². The molecule has 1 aliphatic heterocycles. The number of amides is 1. The summed E-state index contributed by atoms with van der Waals surface area (Å²) in [4.78, 5) is 14.2. The monoisotopic (exact) mass is 255 g/mol. The van der Waals surface area contributed by atoms with Gasteiger partial charge in [-0.2, -0.15) is 0 Å². The van der Waals surface area contributed by atoms with E-state index in [4.69, 9.17) is 10.5 Å². The zero-order valence-electron chi connectivity index (χ0n) is 11.2. The molecule has 2 fully saturated rings. The van der Waals surface area contributed by atoms with Crippen LogP contribution in [0.15, 0.2) is 0 Å². The first-order chi connectivity index (χ1) is 8.69. The summed E-state index contributed by atoms with van der Waals surface area (Å²) in [6.45, 7) is 5.27. The van der Waals surface area contributed by atoms with Gasteiger partial charge in [-0.25, -0.2) is 0 Å². The molecule has 0 aromatic carbocycles. The van der Waals surface area contributed by atoms with E-state index in [-0.39, 0.29) is 18.1 Å². The standard InChI is InChI=1S/C13H25N3O2/c1-10-9-16(5-2-6-18-10)12(8-14)7-13(17)15-11-3-4-11/h10-12H,2-9,14H2,1H3,(H,15,17). The molecular weight excluding hydrogens is 230 g/mol. The summed E-state index contributed by atoms with van der Waals surface area (Å²) < 4.78 is 5.62. The molecule has 5 nitrogen and oxygen atoms in total. The van der Waals surface area contributed by atoms with Crippen molar-refractivity contribution in [1.29, 1.82) is 0 Å². The Morgan fingerprint density at radius 3 is 3.00 bits per heavy atom. The van der Waals surface area contributed by atoms with E-state index in [1.807, 2.05) is 0 Å². The van der Waals surface area contributed by atoms with Gasteiger partial charge in [-0.05, 0) is 26.2 Å². The number of nitrogens with one attached hydrogen (secondary N) is 1. The van der Waals surface area contributed by atoms with Gasteiger partial charge in [0.05, 0.1) is 6.10 Å². The van der Waals surface area contributed by atoms with E-state index < -0.39 is 0 Å². The minimum atomic E-state index is 0.144. The van der Waals surface area contributed by atoms with Crippen LogP contribution in [0.5, 0.6) is 0 Å². The van der Waals surface area contributed by atoms with Gasteiger partial charge in [0, 0.05) is 44.7 Å². The molecule has 0 aromatic heterocycles. The smallest absolute Gasteiger partial charge is 0.221 e. The molecular formula is C13H25N3O2. The maximum absolute atomic E-state index is 11.8. The Morgan fingerprint density at radius 2 is 2.33 bits per heavy atom. The Labute approximate surface area is 109 Å². The first-order valence-electron chi connectivity index (χ1n) is 7.04. The number of rotatable bonds is 5. The molecule has 2 rings (SSSR count). The molecule has 0 radical (unpaired) electrons. The fraction of sp³-hybridized carbons (Fsp3) is 0.923. The minimum absolute atomic E-state index is 0.144. The minimum Gasteiger partial charge on any atom is -0.377 e. The molecule has 2 aliphatic rings. The van der Waals surface area contributed by atoms with Crippen molar-refractivity contribution in [2.45, 2.75) is 50.8 Å². The van der Waals surface area contributed by atoms with E-state index >= 15 is 0 Å². The number of hydrogen-bond donors (Lipinski definition) is 2. The topological polar surface area (TPSA) is 67.6 Å². The average molecular weight is 255 g/mol. The van der Waals surface area contributed by atoms with Gasteiger partial charge in [-0.1, -0.05) is 0 Å². The summed E-state index contributed by atoms with van der Waals surface area (Å²) in [7, 11) is 0. The molecule has 2 unspecified atom stereocenters. The van der Waals surface area contributed by atoms with Crippen molar-refractivity contribution in [3.05, 3.63) is 0 Å². The van der Waals surface area contributed by atoms with E-state index in [0.717, 1.165) is 39.0 Å². The molecule has 1 saturated heterocycles. The predicted molar refractivity (Wildman–Crippen MR) is 70.2 cm³/mol. The van der Waals surface area contributed by atoms with E-state index in [0.29, 0.717) is 19.0 Å². The number of carbonyl (C=O) groups is 1. The van der Waals surface area contributed by atoms with E-state index in [2.05, 4.69) is 17.1 Å². The van der Waals surface area contributed by atoms with Crippen LogP contribution in [0.1, 0.15) is 32.6 Å². The van der Waals surface area contributed by atoms with Crippen molar-refractivity contribution < 1.29 is 9.53 Å². The second kappa shape index (κ2) is 6.50. The van der Waals surface area contributed by atoms with Crippen LogP contribution in [0.25, 0.3) is 0 Å². The second-order valence-electron chi connectivity index (χ2n) is 5.47. The van der Waals surface area contributed by atoms with Crippen LogP contribution in [0, 0.1) is 0 Å². The maximum Gasteiger partial charge on any atom is 0.221 e. The quantitative estimate of drug-likeness (QED) is 0.731. The zero-order chi connectivity index (χ0) is 13.0. The Morgan fingerprint density at radius 1 is 1.56 bits per heavy atom. The van der Waals surface area contributed by atoms with E-state index in [9.17, 15) is 4.79 Å². The van der Waals surface area contributed by atoms with Crippen molar-refractivity contribution in [2.75, 3.05) is 26.2 Å². The Kier molecular flexibility index (Phi) is 4.97. The molecule has 0 aromatic rings. The molecule has 1 aliphatic carbocycles. The largest absolute Gasteiger partial charge is 0.377 e. The van der Waals surface area contributed by atoms with Gasteiger partial charge in [0.1, 0.15) is 0 Å². The summed E-state index contributed by atoms with van der Waals surface area (Å²) >= 11 is 0. The molecule has 1 saturated carbocycles. The van der Waals surface area contributed by atoms with Crippen molar-refractivity contribution in [2.24, 2.45) is 5.73 Å². The predicted octanol–water partition coefficient (Wildman–Crippen LogP) is 0.0932. The lowest BCUT2D eigenvalue weighted by Gasteiger charge is -2.30. The van der Waals surface area contributed by atoms with Gasteiger partial charge in [0.2, 0.25) is 5.91 Å². The van der Waals surface area contributed by atoms with Gasteiger partial charge in [-0.3, -0.25) is 9.69 Å². The van der Waals surface area contributed by atoms with Crippen LogP contribution in [0.4, 0.5) is 0 Å². The zero-order valence-corrected chi connectivity index (χ0v) is 11.2. The highest BCUT2D eigenvalue weighted by Crippen LogP contribution is 2.19. The van der Waals surface area contributed by atoms with Gasteiger partial charge in [0.15, 0.2) is 0 Å². The third kappa shape index (κ3) is 4.23. The molecule has 2 atom stereocenters. The summed E-state index contributed by atoms with van der Waals surface area (Å²) in [6.07, 6.45) is 4.03. The SMILES string of the molecule is CC1CN(C(CN)CC(=O)NC2CC2)CCCO1. The highest BCUT2D eigenvalue weighted by Gasteiger charge is 2.27. The lowest BCUT2D eigenvalue weighted by molar-refractivity contribution is -0.122. The van der Waals surface area contributed by atoms with Gasteiger partial charge < -0.3 is 15.8 Å². The summed E-state index contributed by atoms with van der Waals surface area (Å²) in [5.74, 6) is 0.144. The van der Waals surface area contributed by atoms with Gasteiger partial charge >= 0.3 is 0 Å². The molecule has 3 N–H and O–H groups in total. The van der Waals surface area contributed by atoms with E-state index in [1.165, 1.54) is 0 Å². The summed E-state index contributed by atoms with van der Waals surface area (Å²) in [5.41, 5.74) is 5.83. The van der Waals surface area contributed by atoms with Gasteiger partial charge in [0.25, 0.3) is 0 Å². The first kappa shape index (κ1) is 13.8. The molecule has 104 valence electrons. The molecule has 1 amide bonds. The average Bonchev–Trinajstić information content (AvgIpc) is 3.14. The number of ether oxygens (including phenoxy) is 1. The highest BCUT2D eigenvalue weighted by molar-refractivity contribution is 5.77. The Hall–Kier alpha value is -0.650. The Bertz CT molecular complexity index is 281. The van der Waals surface area contributed by atoms with Gasteiger partial charge in [-0.15, -0.1) is 0 Å². The third-order valence-electron chi connectivity index (χ3n) is 3.64. The number of nitrogens with zero attached hydrogens (tertiary/aromatic N) is 1. The number of hydrogen-bond acceptors (Lipinski definition) is 4. The van der Waals surface area contributed by atoms with E-state index in [1.54, 1.807) is 0 Å². The summed E-state index contributed by atoms with van der Waals surface area (Å²) in [5, 5.41) is 3.03. The number of carbonyl (C=O) groups excluding carboxylic acids is 1.